The first-order valence-corrected chi connectivity index (χ1v) is 6.82. The molecule has 1 amide bonds. The quantitative estimate of drug-likeness (QED) is 0.522. The lowest BCUT2D eigenvalue weighted by atomic mass is 10.3. The Morgan fingerprint density at radius 2 is 2.08 bits per heavy atom. The smallest absolute Gasteiger partial charge is 0.265 e. The Morgan fingerprint density at radius 3 is 2.54 bits per heavy atom. The van der Waals surface area contributed by atoms with Crippen molar-refractivity contribution in [3.63, 3.8) is 0 Å². The van der Waals surface area contributed by atoms with Crippen LogP contribution in [-0.4, -0.2) is 31.7 Å². The van der Waals surface area contributed by atoms with E-state index in [0.29, 0.717) is 16.4 Å². The zero-order valence-electron chi connectivity index (χ0n) is 13.0. The third-order valence-electron chi connectivity index (χ3n) is 3.16. The summed E-state index contributed by atoms with van der Waals surface area (Å²) in [5.74, 6) is -1.59. The third-order valence-corrected chi connectivity index (χ3v) is 3.16. The Kier molecular flexibility index (Phi) is 4.71. The second-order valence-corrected chi connectivity index (χ2v) is 4.84. The first-order valence-electron chi connectivity index (χ1n) is 6.82. The van der Waals surface area contributed by atoms with Gasteiger partial charge in [-0.2, -0.15) is 32.9 Å². The number of hydrogen-bond acceptors (Lipinski definition) is 4. The summed E-state index contributed by atoms with van der Waals surface area (Å²) >= 11 is 0. The highest BCUT2D eigenvalue weighted by molar-refractivity contribution is 5.93. The molecular weight excluding hydrogens is 332 g/mol. The monoisotopic (exact) mass is 346 g/mol. The summed E-state index contributed by atoms with van der Waals surface area (Å²) in [6.07, 6.45) is -3.60. The van der Waals surface area contributed by atoms with Crippen LogP contribution in [0.5, 0.6) is 0 Å². The molecular formula is C13H14F4N6O. The number of nitrogens with one attached hydrogen (secondary N) is 1. The molecule has 1 N–H and O–H groups in total. The number of carbonyl (C=O) groups is 1. The molecule has 0 aliphatic heterocycles. The average molecular weight is 346 g/mol. The van der Waals surface area contributed by atoms with E-state index in [1.54, 1.807) is 6.92 Å². The minimum Gasteiger partial charge on any atom is -0.265 e. The van der Waals surface area contributed by atoms with Gasteiger partial charge in [0.2, 0.25) is 5.95 Å². The van der Waals surface area contributed by atoms with Crippen LogP contribution in [-0.2, 0) is 19.8 Å². The van der Waals surface area contributed by atoms with Crippen molar-refractivity contribution in [3.05, 3.63) is 34.7 Å². The van der Waals surface area contributed by atoms with Gasteiger partial charge < -0.3 is 0 Å². The van der Waals surface area contributed by atoms with Crippen LogP contribution in [0.3, 0.4) is 0 Å². The lowest BCUT2D eigenvalue weighted by Gasteiger charge is -2.06. The minimum absolute atomic E-state index is 0.0501. The number of amides is 1. The maximum absolute atomic E-state index is 13.7. The standard InChI is InChI=1S/C13H14F4N6O/c1-4-23-10(13(15,16)17)5-9(21-23)12(24)19-18-6-8-7(2)20-22(3)11(8)14/h5-6H,4H2,1-3H3,(H,19,24)/b18-6+. The van der Waals surface area contributed by atoms with E-state index < -0.39 is 29.4 Å². The number of aromatic nitrogens is 4. The van der Waals surface area contributed by atoms with Gasteiger partial charge in [-0.3, -0.25) is 9.48 Å². The van der Waals surface area contributed by atoms with Crippen molar-refractivity contribution in [2.45, 2.75) is 26.6 Å². The highest BCUT2D eigenvalue weighted by Gasteiger charge is 2.36. The second-order valence-electron chi connectivity index (χ2n) is 4.84. The Hall–Kier alpha value is -2.72. The lowest BCUT2D eigenvalue weighted by Crippen LogP contribution is -2.18. The molecule has 7 nitrogen and oxygen atoms in total. The van der Waals surface area contributed by atoms with Gasteiger partial charge in [-0.05, 0) is 13.8 Å². The van der Waals surface area contributed by atoms with Crippen LogP contribution in [0.15, 0.2) is 11.2 Å². The van der Waals surface area contributed by atoms with Crippen LogP contribution in [0, 0.1) is 12.9 Å². The molecule has 24 heavy (non-hydrogen) atoms. The van der Waals surface area contributed by atoms with E-state index in [0.717, 1.165) is 10.9 Å². The average Bonchev–Trinajstić information content (AvgIpc) is 3.03. The van der Waals surface area contributed by atoms with Crippen LogP contribution in [0.25, 0.3) is 0 Å². The summed E-state index contributed by atoms with van der Waals surface area (Å²) in [6.45, 7) is 2.96. The van der Waals surface area contributed by atoms with Gasteiger partial charge >= 0.3 is 6.18 Å². The van der Waals surface area contributed by atoms with Crippen molar-refractivity contribution in [2.24, 2.45) is 12.1 Å². The molecule has 130 valence electrons. The molecule has 0 unspecified atom stereocenters. The van der Waals surface area contributed by atoms with Gasteiger partial charge in [0.1, 0.15) is 5.69 Å². The van der Waals surface area contributed by atoms with Gasteiger partial charge in [0.25, 0.3) is 5.91 Å². The molecule has 2 aromatic heterocycles. The fraction of sp³-hybridized carbons (Fsp3) is 0.385. The number of hydrazone groups is 1. The largest absolute Gasteiger partial charge is 0.433 e. The molecule has 0 bridgehead atoms. The van der Waals surface area contributed by atoms with Gasteiger partial charge in [0.15, 0.2) is 5.69 Å². The fourth-order valence-corrected chi connectivity index (χ4v) is 2.00. The van der Waals surface area contributed by atoms with Crippen molar-refractivity contribution in [3.8, 4) is 0 Å². The maximum Gasteiger partial charge on any atom is 0.433 e. The number of carbonyl (C=O) groups excluding carboxylic acids is 1. The van der Waals surface area contributed by atoms with Gasteiger partial charge in [-0.1, -0.05) is 0 Å². The van der Waals surface area contributed by atoms with Crippen LogP contribution in [0.1, 0.15) is 34.4 Å². The van der Waals surface area contributed by atoms with E-state index in [9.17, 15) is 22.4 Å². The van der Waals surface area contributed by atoms with Crippen molar-refractivity contribution in [2.75, 3.05) is 0 Å². The number of nitrogens with zero attached hydrogens (tertiary/aromatic N) is 5. The summed E-state index contributed by atoms with van der Waals surface area (Å²) in [5.41, 5.74) is 0.949. The molecule has 2 aromatic rings. The van der Waals surface area contributed by atoms with E-state index in [1.165, 1.54) is 14.0 Å². The van der Waals surface area contributed by atoms with Gasteiger partial charge in [0.05, 0.1) is 17.5 Å². The summed E-state index contributed by atoms with van der Waals surface area (Å²) in [4.78, 5) is 11.8. The van der Waals surface area contributed by atoms with Crippen LogP contribution in [0.2, 0.25) is 0 Å². The Labute approximate surface area is 133 Å². The highest BCUT2D eigenvalue weighted by Crippen LogP contribution is 2.29. The number of halogens is 4. The fourth-order valence-electron chi connectivity index (χ4n) is 2.00. The van der Waals surface area contributed by atoms with E-state index >= 15 is 0 Å². The first kappa shape index (κ1) is 17.6. The van der Waals surface area contributed by atoms with E-state index in [2.05, 4.69) is 15.3 Å². The summed E-state index contributed by atoms with van der Waals surface area (Å²) in [6, 6.07) is 0.629. The van der Waals surface area contributed by atoms with E-state index in [4.69, 9.17) is 0 Å². The van der Waals surface area contributed by atoms with Crippen LogP contribution >= 0.6 is 0 Å². The number of hydrogen-bond donors (Lipinski definition) is 1. The molecule has 0 radical (unpaired) electrons. The molecule has 0 spiro atoms. The minimum atomic E-state index is -4.62. The third kappa shape index (κ3) is 3.44. The molecule has 0 aliphatic carbocycles. The molecule has 0 aliphatic rings. The predicted octanol–water partition coefficient (Wildman–Crippen LogP) is 1.87. The Morgan fingerprint density at radius 1 is 1.42 bits per heavy atom. The maximum atomic E-state index is 13.7. The first-order chi connectivity index (χ1) is 11.1. The van der Waals surface area contributed by atoms with Crippen molar-refractivity contribution in [1.82, 2.24) is 25.0 Å². The number of rotatable bonds is 4. The molecule has 11 heteroatoms. The molecule has 2 heterocycles. The SMILES string of the molecule is CCn1nc(C(=O)N/N=C/c2c(C)nn(C)c2F)cc1C(F)(F)F. The topological polar surface area (TPSA) is 77.1 Å². The summed E-state index contributed by atoms with van der Waals surface area (Å²) < 4.78 is 53.7. The van der Waals surface area contributed by atoms with Gasteiger partial charge in [-0.15, -0.1) is 0 Å². The van der Waals surface area contributed by atoms with Crippen molar-refractivity contribution < 1.29 is 22.4 Å². The highest BCUT2D eigenvalue weighted by atomic mass is 19.4. The van der Waals surface area contributed by atoms with Crippen molar-refractivity contribution >= 4 is 12.1 Å². The normalized spacial score (nSPS) is 12.1. The lowest BCUT2D eigenvalue weighted by molar-refractivity contribution is -0.144. The number of aryl methyl sites for hydroxylation is 3. The van der Waals surface area contributed by atoms with Crippen molar-refractivity contribution in [1.29, 1.82) is 0 Å². The van der Waals surface area contributed by atoms with Gasteiger partial charge in [-0.25, -0.2) is 10.1 Å². The zero-order chi connectivity index (χ0) is 18.1. The molecule has 0 fully saturated rings. The second kappa shape index (κ2) is 6.42. The van der Waals surface area contributed by atoms with Gasteiger partial charge in [0, 0.05) is 19.7 Å². The zero-order valence-corrected chi connectivity index (χ0v) is 13.0. The molecule has 2 rings (SSSR count). The summed E-state index contributed by atoms with van der Waals surface area (Å²) in [5, 5.41) is 10.9. The summed E-state index contributed by atoms with van der Waals surface area (Å²) in [7, 11) is 1.40. The Balaban J connectivity index is 2.16. The molecule has 0 atom stereocenters. The predicted molar refractivity (Wildman–Crippen MR) is 75.9 cm³/mol. The molecule has 0 saturated carbocycles. The Bertz CT molecular complexity index is 789. The molecule has 0 saturated heterocycles. The van der Waals surface area contributed by atoms with E-state index in [-0.39, 0.29) is 12.1 Å². The molecule has 0 aromatic carbocycles. The van der Waals surface area contributed by atoms with Crippen LogP contribution in [0.4, 0.5) is 17.6 Å². The van der Waals surface area contributed by atoms with E-state index in [1.807, 2.05) is 5.43 Å². The van der Waals surface area contributed by atoms with Crippen LogP contribution < -0.4 is 5.43 Å². The number of alkyl halides is 3.